The van der Waals surface area contributed by atoms with Crippen molar-refractivity contribution in [3.05, 3.63) is 35.4 Å². The first-order valence-electron chi connectivity index (χ1n) is 5.39. The van der Waals surface area contributed by atoms with Crippen molar-refractivity contribution in [2.24, 2.45) is 0 Å². The summed E-state index contributed by atoms with van der Waals surface area (Å²) in [6, 6.07) is 8.42. The summed E-state index contributed by atoms with van der Waals surface area (Å²) >= 11 is 0. The van der Waals surface area contributed by atoms with Gasteiger partial charge in [0.1, 0.15) is 6.10 Å². The van der Waals surface area contributed by atoms with E-state index in [9.17, 15) is 4.79 Å². The van der Waals surface area contributed by atoms with Gasteiger partial charge >= 0.3 is 6.09 Å². The highest BCUT2D eigenvalue weighted by atomic mass is 16.6. The molecule has 1 fully saturated rings. The third kappa shape index (κ3) is 1.39. The van der Waals surface area contributed by atoms with Gasteiger partial charge in [0.05, 0.1) is 6.04 Å². The zero-order valence-electron chi connectivity index (χ0n) is 8.40. The number of benzene rings is 1. The van der Waals surface area contributed by atoms with Crippen LogP contribution in [0.25, 0.3) is 0 Å². The Balaban J connectivity index is 2.04. The van der Waals surface area contributed by atoms with Crippen molar-refractivity contribution in [3.8, 4) is 0 Å². The number of fused-ring (bicyclic) bond motifs is 3. The minimum atomic E-state index is -0.276. The predicted octanol–water partition coefficient (Wildman–Crippen LogP) is 2.17. The number of hydrogen-bond donors (Lipinski definition) is 1. The van der Waals surface area contributed by atoms with Gasteiger partial charge in [-0.15, -0.1) is 0 Å². The van der Waals surface area contributed by atoms with E-state index in [2.05, 4.69) is 17.4 Å². The number of alkyl carbamates (subject to hydrolysis) is 1. The SMILES string of the molecule is O=C1NC2CCCc3ccccc3C2O1. The maximum Gasteiger partial charge on any atom is 0.408 e. The minimum Gasteiger partial charge on any atom is -0.439 e. The molecule has 2 atom stereocenters. The molecule has 0 spiro atoms. The fourth-order valence-corrected chi connectivity index (χ4v) is 2.51. The van der Waals surface area contributed by atoms with Crippen molar-refractivity contribution in [1.29, 1.82) is 0 Å². The molecular formula is C12H13NO2. The summed E-state index contributed by atoms with van der Waals surface area (Å²) in [4.78, 5) is 11.2. The summed E-state index contributed by atoms with van der Waals surface area (Å²) < 4.78 is 5.32. The van der Waals surface area contributed by atoms with Gasteiger partial charge in [-0.2, -0.15) is 0 Å². The summed E-state index contributed by atoms with van der Waals surface area (Å²) in [6.07, 6.45) is 2.85. The van der Waals surface area contributed by atoms with Gasteiger partial charge in [-0.25, -0.2) is 4.79 Å². The number of hydrogen-bond acceptors (Lipinski definition) is 2. The van der Waals surface area contributed by atoms with E-state index in [1.165, 1.54) is 11.1 Å². The quantitative estimate of drug-likeness (QED) is 0.701. The van der Waals surface area contributed by atoms with Gasteiger partial charge in [0.25, 0.3) is 0 Å². The Hall–Kier alpha value is -1.51. The zero-order chi connectivity index (χ0) is 10.3. The Morgan fingerprint density at radius 1 is 1.33 bits per heavy atom. The van der Waals surface area contributed by atoms with Gasteiger partial charge < -0.3 is 10.1 Å². The molecule has 3 rings (SSSR count). The molecule has 1 aromatic rings. The summed E-state index contributed by atoms with van der Waals surface area (Å²) in [5.41, 5.74) is 2.50. The fraction of sp³-hybridized carbons (Fsp3) is 0.417. The first-order chi connectivity index (χ1) is 7.34. The lowest BCUT2D eigenvalue weighted by atomic mass is 9.99. The third-order valence-corrected chi connectivity index (χ3v) is 3.23. The van der Waals surface area contributed by atoms with E-state index in [1.807, 2.05) is 12.1 Å². The molecule has 1 aromatic carbocycles. The maximum atomic E-state index is 11.2. The van der Waals surface area contributed by atoms with Crippen LogP contribution in [0.2, 0.25) is 0 Å². The Labute approximate surface area is 88.4 Å². The number of carbonyl (C=O) groups is 1. The number of amides is 1. The second kappa shape index (κ2) is 3.26. The summed E-state index contributed by atoms with van der Waals surface area (Å²) in [5.74, 6) is 0. The Morgan fingerprint density at radius 3 is 3.13 bits per heavy atom. The van der Waals surface area contributed by atoms with Crippen LogP contribution in [0.15, 0.2) is 24.3 Å². The molecule has 15 heavy (non-hydrogen) atoms. The van der Waals surface area contributed by atoms with Crippen molar-refractivity contribution < 1.29 is 9.53 Å². The van der Waals surface area contributed by atoms with Crippen LogP contribution in [0.4, 0.5) is 4.79 Å². The average Bonchev–Trinajstić information content (AvgIpc) is 2.52. The lowest BCUT2D eigenvalue weighted by molar-refractivity contribution is 0.132. The van der Waals surface area contributed by atoms with Crippen molar-refractivity contribution in [1.82, 2.24) is 5.32 Å². The van der Waals surface area contributed by atoms with Gasteiger partial charge in [-0.05, 0) is 30.4 Å². The predicted molar refractivity (Wildman–Crippen MR) is 55.5 cm³/mol. The highest BCUT2D eigenvalue weighted by molar-refractivity contribution is 5.70. The van der Waals surface area contributed by atoms with Gasteiger partial charge in [0, 0.05) is 0 Å². The molecule has 0 bridgehead atoms. The van der Waals surface area contributed by atoms with Crippen molar-refractivity contribution in [2.45, 2.75) is 31.4 Å². The highest BCUT2D eigenvalue weighted by Gasteiger charge is 2.37. The van der Waals surface area contributed by atoms with Crippen LogP contribution in [-0.2, 0) is 11.2 Å². The lowest BCUT2D eigenvalue weighted by Crippen LogP contribution is -2.26. The molecule has 1 N–H and O–H groups in total. The van der Waals surface area contributed by atoms with E-state index in [1.54, 1.807) is 0 Å². The van der Waals surface area contributed by atoms with Crippen molar-refractivity contribution in [3.63, 3.8) is 0 Å². The molecule has 3 nitrogen and oxygen atoms in total. The summed E-state index contributed by atoms with van der Waals surface area (Å²) in [7, 11) is 0. The van der Waals surface area contributed by atoms with E-state index in [0.717, 1.165) is 19.3 Å². The fourth-order valence-electron chi connectivity index (χ4n) is 2.51. The van der Waals surface area contributed by atoms with Gasteiger partial charge in [-0.1, -0.05) is 24.3 Å². The van der Waals surface area contributed by atoms with Crippen LogP contribution < -0.4 is 5.32 Å². The molecule has 2 aliphatic rings. The molecule has 0 saturated carbocycles. The molecule has 1 aliphatic heterocycles. The van der Waals surface area contributed by atoms with Gasteiger partial charge in [-0.3, -0.25) is 0 Å². The van der Waals surface area contributed by atoms with E-state index >= 15 is 0 Å². The largest absolute Gasteiger partial charge is 0.439 e. The van der Waals surface area contributed by atoms with Crippen molar-refractivity contribution in [2.75, 3.05) is 0 Å². The highest BCUT2D eigenvalue weighted by Crippen LogP contribution is 2.34. The zero-order valence-corrected chi connectivity index (χ0v) is 8.40. The van der Waals surface area contributed by atoms with E-state index in [-0.39, 0.29) is 18.2 Å². The molecule has 0 radical (unpaired) electrons. The van der Waals surface area contributed by atoms with Crippen LogP contribution in [0.1, 0.15) is 30.1 Å². The Bertz CT molecular complexity index is 402. The van der Waals surface area contributed by atoms with Gasteiger partial charge in [0.15, 0.2) is 0 Å². The van der Waals surface area contributed by atoms with Crippen molar-refractivity contribution >= 4 is 6.09 Å². The number of nitrogens with one attached hydrogen (secondary N) is 1. The number of aryl methyl sites for hydroxylation is 1. The average molecular weight is 203 g/mol. The smallest absolute Gasteiger partial charge is 0.408 e. The van der Waals surface area contributed by atoms with Crippen LogP contribution in [0.5, 0.6) is 0 Å². The monoisotopic (exact) mass is 203 g/mol. The third-order valence-electron chi connectivity index (χ3n) is 3.23. The number of rotatable bonds is 0. The second-order valence-electron chi connectivity index (χ2n) is 4.17. The maximum absolute atomic E-state index is 11.2. The number of carbonyl (C=O) groups excluding carboxylic acids is 1. The van der Waals surface area contributed by atoms with E-state index in [0.29, 0.717) is 0 Å². The molecule has 1 amide bonds. The molecule has 1 aliphatic carbocycles. The topological polar surface area (TPSA) is 38.3 Å². The first kappa shape index (κ1) is 8.77. The standard InChI is InChI=1S/C12H13NO2/c14-12-13-10-7-3-5-8-4-1-2-6-9(8)11(10)15-12/h1-2,4,6,10-11H,3,5,7H2,(H,13,14). The Morgan fingerprint density at radius 2 is 2.20 bits per heavy atom. The summed E-state index contributed by atoms with van der Waals surface area (Å²) in [5, 5.41) is 2.88. The molecule has 2 unspecified atom stereocenters. The minimum absolute atomic E-state index is 0.0730. The molecule has 78 valence electrons. The molecule has 0 aromatic heterocycles. The van der Waals surface area contributed by atoms with E-state index in [4.69, 9.17) is 4.74 Å². The Kier molecular flexibility index (Phi) is 1.91. The van der Waals surface area contributed by atoms with Gasteiger partial charge in [0.2, 0.25) is 0 Å². The van der Waals surface area contributed by atoms with Crippen LogP contribution in [-0.4, -0.2) is 12.1 Å². The molecule has 1 saturated heterocycles. The molecule has 3 heteroatoms. The lowest BCUT2D eigenvalue weighted by Gasteiger charge is -2.15. The second-order valence-corrected chi connectivity index (χ2v) is 4.17. The normalized spacial score (nSPS) is 28.4. The number of ether oxygens (including phenoxy) is 1. The van der Waals surface area contributed by atoms with Crippen LogP contribution in [0, 0.1) is 0 Å². The molecular weight excluding hydrogens is 190 g/mol. The van der Waals surface area contributed by atoms with E-state index < -0.39 is 0 Å². The first-order valence-corrected chi connectivity index (χ1v) is 5.39. The molecule has 1 heterocycles. The summed E-state index contributed by atoms with van der Waals surface area (Å²) in [6.45, 7) is 0. The van der Waals surface area contributed by atoms with Crippen LogP contribution >= 0.6 is 0 Å². The van der Waals surface area contributed by atoms with Crippen LogP contribution in [0.3, 0.4) is 0 Å².